The molecule has 0 aliphatic carbocycles. The normalized spacial score (nSPS) is 10.8. The number of aryl methyl sites for hydroxylation is 1. The quantitative estimate of drug-likeness (QED) is 0.460. The lowest BCUT2D eigenvalue weighted by molar-refractivity contribution is -0.118. The third-order valence-electron chi connectivity index (χ3n) is 4.49. The average Bonchev–Trinajstić information content (AvgIpc) is 2.80. The summed E-state index contributed by atoms with van der Waals surface area (Å²) in [6.07, 6.45) is 0. The van der Waals surface area contributed by atoms with E-state index in [4.69, 9.17) is 9.47 Å². The molecule has 0 saturated carbocycles. The van der Waals surface area contributed by atoms with Crippen LogP contribution in [0.3, 0.4) is 0 Å². The lowest BCUT2D eigenvalue weighted by Crippen LogP contribution is -2.20. The lowest BCUT2D eigenvalue weighted by atomic mass is 10.2. The van der Waals surface area contributed by atoms with Crippen molar-refractivity contribution in [2.24, 2.45) is 0 Å². The van der Waals surface area contributed by atoms with Crippen LogP contribution in [0.5, 0.6) is 5.75 Å². The zero-order valence-corrected chi connectivity index (χ0v) is 19.0. The largest absolute Gasteiger partial charge is 0.484 e. The number of hydrogen-bond acceptors (Lipinski definition) is 6. The third kappa shape index (κ3) is 6.81. The van der Waals surface area contributed by atoms with Crippen LogP contribution < -0.4 is 14.8 Å². The number of esters is 1. The Morgan fingerprint density at radius 1 is 0.848 bits per heavy atom. The number of ether oxygens (including phenoxy) is 2. The van der Waals surface area contributed by atoms with Gasteiger partial charge < -0.3 is 14.8 Å². The molecule has 8 nitrogen and oxygen atoms in total. The van der Waals surface area contributed by atoms with Gasteiger partial charge in [0.25, 0.3) is 15.9 Å². The number of anilines is 2. The molecular weight excluding hydrogens is 444 g/mol. The first-order valence-corrected chi connectivity index (χ1v) is 11.6. The van der Waals surface area contributed by atoms with Crippen molar-refractivity contribution in [1.29, 1.82) is 0 Å². The second-order valence-electron chi connectivity index (χ2n) is 7.08. The SMILES string of the molecule is CCOC(=O)c1ccc(NC(=O)COc2ccc(S(=O)(=O)Nc3ccc(C)cc3)cc2)cc1. The molecule has 0 bridgehead atoms. The topological polar surface area (TPSA) is 111 Å². The number of nitrogens with one attached hydrogen (secondary N) is 2. The van der Waals surface area contributed by atoms with Gasteiger partial charge in [0.15, 0.2) is 6.61 Å². The van der Waals surface area contributed by atoms with Crippen molar-refractivity contribution in [1.82, 2.24) is 0 Å². The Morgan fingerprint density at radius 2 is 1.45 bits per heavy atom. The summed E-state index contributed by atoms with van der Waals surface area (Å²) < 4.78 is 37.9. The molecule has 9 heteroatoms. The molecule has 3 aromatic rings. The molecule has 0 fully saturated rings. The van der Waals surface area contributed by atoms with Crippen LogP contribution in [0.25, 0.3) is 0 Å². The van der Waals surface area contributed by atoms with Crippen molar-refractivity contribution in [2.75, 3.05) is 23.3 Å². The first-order valence-electron chi connectivity index (χ1n) is 10.2. The number of carbonyl (C=O) groups excluding carboxylic acids is 2. The number of sulfonamides is 1. The van der Waals surface area contributed by atoms with Gasteiger partial charge in [-0.3, -0.25) is 9.52 Å². The van der Waals surface area contributed by atoms with Gasteiger partial charge >= 0.3 is 5.97 Å². The summed E-state index contributed by atoms with van der Waals surface area (Å²) in [7, 11) is -3.75. The Labute approximate surface area is 192 Å². The summed E-state index contributed by atoms with van der Waals surface area (Å²) in [6.45, 7) is 3.65. The van der Waals surface area contributed by atoms with Gasteiger partial charge in [-0.05, 0) is 74.5 Å². The zero-order valence-electron chi connectivity index (χ0n) is 18.2. The minimum absolute atomic E-state index is 0.0709. The van der Waals surface area contributed by atoms with Crippen molar-refractivity contribution in [2.45, 2.75) is 18.7 Å². The number of amides is 1. The standard InChI is InChI=1S/C24H24N2O6S/c1-3-31-24(28)18-6-10-19(11-7-18)25-23(27)16-32-21-12-14-22(15-13-21)33(29,30)26-20-8-4-17(2)5-9-20/h4-15,26H,3,16H2,1-2H3,(H,25,27). The number of rotatable bonds is 9. The maximum Gasteiger partial charge on any atom is 0.338 e. The molecule has 0 saturated heterocycles. The summed E-state index contributed by atoms with van der Waals surface area (Å²) in [5.41, 5.74) is 2.38. The van der Waals surface area contributed by atoms with Crippen molar-refractivity contribution in [3.05, 3.63) is 83.9 Å². The predicted molar refractivity (Wildman–Crippen MR) is 125 cm³/mol. The van der Waals surface area contributed by atoms with Gasteiger partial charge in [-0.15, -0.1) is 0 Å². The number of carbonyl (C=O) groups is 2. The molecule has 33 heavy (non-hydrogen) atoms. The smallest absolute Gasteiger partial charge is 0.338 e. The molecule has 0 aliphatic rings. The number of hydrogen-bond donors (Lipinski definition) is 2. The fraction of sp³-hybridized carbons (Fsp3) is 0.167. The highest BCUT2D eigenvalue weighted by molar-refractivity contribution is 7.92. The second kappa shape index (κ2) is 10.6. The molecule has 3 aromatic carbocycles. The molecule has 0 atom stereocenters. The predicted octanol–water partition coefficient (Wildman–Crippen LogP) is 3.99. The van der Waals surface area contributed by atoms with E-state index in [0.717, 1.165) is 5.56 Å². The van der Waals surface area contributed by atoms with Crippen molar-refractivity contribution >= 4 is 33.3 Å². The summed E-state index contributed by atoms with van der Waals surface area (Å²) in [5.74, 6) is -0.494. The highest BCUT2D eigenvalue weighted by Crippen LogP contribution is 2.20. The summed E-state index contributed by atoms with van der Waals surface area (Å²) in [4.78, 5) is 23.9. The minimum Gasteiger partial charge on any atom is -0.484 e. The second-order valence-corrected chi connectivity index (χ2v) is 8.76. The first kappa shape index (κ1) is 23.8. The van der Waals surface area contributed by atoms with Crippen LogP contribution in [-0.4, -0.2) is 33.5 Å². The van der Waals surface area contributed by atoms with E-state index in [9.17, 15) is 18.0 Å². The van der Waals surface area contributed by atoms with Gasteiger partial charge in [0.05, 0.1) is 17.1 Å². The van der Waals surface area contributed by atoms with Gasteiger partial charge in [0.1, 0.15) is 5.75 Å². The zero-order chi connectivity index (χ0) is 23.8. The van der Waals surface area contributed by atoms with Crippen LogP contribution in [0, 0.1) is 6.92 Å². The van der Waals surface area contributed by atoms with Crippen molar-refractivity contribution in [3.63, 3.8) is 0 Å². The van der Waals surface area contributed by atoms with E-state index in [2.05, 4.69) is 10.0 Å². The number of benzene rings is 3. The van der Waals surface area contributed by atoms with E-state index in [1.807, 2.05) is 19.1 Å². The molecule has 0 unspecified atom stereocenters. The maximum absolute atomic E-state index is 12.5. The van der Waals surface area contributed by atoms with E-state index in [-0.39, 0.29) is 18.1 Å². The molecule has 2 N–H and O–H groups in total. The van der Waals surface area contributed by atoms with Gasteiger partial charge in [0.2, 0.25) is 0 Å². The van der Waals surface area contributed by atoms with Gasteiger partial charge in [0, 0.05) is 11.4 Å². The Kier molecular flexibility index (Phi) is 7.68. The Balaban J connectivity index is 1.53. The highest BCUT2D eigenvalue weighted by atomic mass is 32.2. The van der Waals surface area contributed by atoms with Gasteiger partial charge in [-0.2, -0.15) is 0 Å². The Hall–Kier alpha value is -3.85. The van der Waals surface area contributed by atoms with Crippen molar-refractivity contribution in [3.8, 4) is 5.75 Å². The lowest BCUT2D eigenvalue weighted by Gasteiger charge is -2.10. The molecule has 0 radical (unpaired) electrons. The monoisotopic (exact) mass is 468 g/mol. The minimum atomic E-state index is -3.75. The Morgan fingerprint density at radius 3 is 2.06 bits per heavy atom. The van der Waals surface area contributed by atoms with E-state index >= 15 is 0 Å². The molecule has 0 heterocycles. The Bertz CT molecular complexity index is 1210. The summed E-state index contributed by atoms with van der Waals surface area (Å²) >= 11 is 0. The van der Waals surface area contributed by atoms with Crippen LogP contribution in [0.2, 0.25) is 0 Å². The molecule has 0 aliphatic heterocycles. The van der Waals surface area contributed by atoms with Crippen molar-refractivity contribution < 1.29 is 27.5 Å². The first-order chi connectivity index (χ1) is 15.8. The molecule has 3 rings (SSSR count). The third-order valence-corrected chi connectivity index (χ3v) is 5.88. The van der Waals surface area contributed by atoms with Crippen LogP contribution >= 0.6 is 0 Å². The summed E-state index contributed by atoms with van der Waals surface area (Å²) in [5, 5.41) is 2.66. The maximum atomic E-state index is 12.5. The summed E-state index contributed by atoms with van der Waals surface area (Å²) in [6, 6.07) is 19.0. The molecule has 0 aromatic heterocycles. The van der Waals surface area contributed by atoms with E-state index < -0.39 is 21.9 Å². The van der Waals surface area contributed by atoms with Gasteiger partial charge in [-0.25, -0.2) is 13.2 Å². The molecule has 172 valence electrons. The fourth-order valence-corrected chi connectivity index (χ4v) is 3.86. The van der Waals surface area contributed by atoms with E-state index in [1.54, 1.807) is 43.3 Å². The van der Waals surface area contributed by atoms with Crippen LogP contribution in [0.1, 0.15) is 22.8 Å². The van der Waals surface area contributed by atoms with E-state index in [1.165, 1.54) is 24.3 Å². The highest BCUT2D eigenvalue weighted by Gasteiger charge is 2.14. The molecular formula is C24H24N2O6S. The molecule has 0 spiro atoms. The fourth-order valence-electron chi connectivity index (χ4n) is 2.80. The molecule has 1 amide bonds. The van der Waals surface area contributed by atoms with Crippen LogP contribution in [0.4, 0.5) is 11.4 Å². The van der Waals surface area contributed by atoms with Gasteiger partial charge in [-0.1, -0.05) is 17.7 Å². The average molecular weight is 469 g/mol. The van der Waals surface area contributed by atoms with Crippen LogP contribution in [0.15, 0.2) is 77.7 Å². The van der Waals surface area contributed by atoms with Crippen LogP contribution in [-0.2, 0) is 19.6 Å². The van der Waals surface area contributed by atoms with E-state index in [0.29, 0.717) is 22.7 Å².